The van der Waals surface area contributed by atoms with Crippen molar-refractivity contribution in [2.24, 2.45) is 0 Å². The van der Waals surface area contributed by atoms with E-state index in [0.717, 1.165) is 0 Å². The van der Waals surface area contributed by atoms with Crippen LogP contribution in [-0.4, -0.2) is 23.3 Å². The number of rotatable bonds is 1. The molecule has 1 aromatic rings. The molecule has 0 spiro atoms. The van der Waals surface area contributed by atoms with Gasteiger partial charge in [-0.1, -0.05) is 11.6 Å². The molecule has 0 bridgehead atoms. The average Bonchev–Trinajstić information content (AvgIpc) is 2.27. The van der Waals surface area contributed by atoms with E-state index in [0.29, 0.717) is 10.6 Å². The third-order valence-corrected chi connectivity index (χ3v) is 3.17. The van der Waals surface area contributed by atoms with Crippen LogP contribution >= 0.6 is 11.6 Å². The molecule has 1 heterocycles. The highest BCUT2D eigenvalue weighted by Gasteiger charge is 2.47. The number of hydrogen-bond acceptors (Lipinski definition) is 2. The van der Waals surface area contributed by atoms with Gasteiger partial charge in [-0.3, -0.25) is 0 Å². The number of allylic oxidation sites excluding steroid dienone is 1. The Kier molecular flexibility index (Phi) is 3.22. The number of fused-ring (bicyclic) bond motifs is 1. The number of carboxylic acids is 1. The summed E-state index contributed by atoms with van der Waals surface area (Å²) >= 11 is 5.78. The van der Waals surface area contributed by atoms with Crippen molar-refractivity contribution in [3.8, 4) is 0 Å². The van der Waals surface area contributed by atoms with E-state index >= 15 is 0 Å². The molecule has 0 saturated carbocycles. The second-order valence-corrected chi connectivity index (χ2v) is 4.59. The summed E-state index contributed by atoms with van der Waals surface area (Å²) in [4.78, 5) is 11.1. The van der Waals surface area contributed by atoms with Gasteiger partial charge in [0.05, 0.1) is 5.57 Å². The summed E-state index contributed by atoms with van der Waals surface area (Å²) in [6.07, 6.45) is -4.69. The van der Waals surface area contributed by atoms with Gasteiger partial charge in [-0.15, -0.1) is 0 Å². The van der Waals surface area contributed by atoms with Crippen molar-refractivity contribution >= 4 is 28.8 Å². The molecule has 0 radical (unpaired) electrons. The number of hydrogen-bond donors (Lipinski definition) is 2. The molecule has 2 N–H and O–H groups in total. The Morgan fingerprint density at radius 2 is 2.05 bits per heavy atom. The molecular weight excluding hydrogens is 283 g/mol. The van der Waals surface area contributed by atoms with Crippen LogP contribution in [0.2, 0.25) is 5.02 Å². The van der Waals surface area contributed by atoms with Crippen molar-refractivity contribution in [3.63, 3.8) is 0 Å². The van der Waals surface area contributed by atoms with Crippen LogP contribution in [0.4, 0.5) is 18.9 Å². The van der Waals surface area contributed by atoms with Gasteiger partial charge in [0.1, 0.15) is 0 Å². The number of aliphatic carboxylic acids is 1. The predicted molar refractivity (Wildman–Crippen MR) is 65.1 cm³/mol. The second kappa shape index (κ2) is 4.45. The molecule has 1 atom stereocenters. The van der Waals surface area contributed by atoms with E-state index in [1.54, 1.807) is 0 Å². The van der Waals surface area contributed by atoms with Crippen LogP contribution in [0.3, 0.4) is 0 Å². The van der Waals surface area contributed by atoms with Gasteiger partial charge >= 0.3 is 12.1 Å². The molecule has 19 heavy (non-hydrogen) atoms. The summed E-state index contributed by atoms with van der Waals surface area (Å²) in [6, 6.07) is 2.06. The fourth-order valence-electron chi connectivity index (χ4n) is 2.07. The second-order valence-electron chi connectivity index (χ2n) is 4.15. The Labute approximate surface area is 111 Å². The third kappa shape index (κ3) is 2.40. The summed E-state index contributed by atoms with van der Waals surface area (Å²) in [5, 5.41) is 11.5. The molecule has 102 valence electrons. The van der Waals surface area contributed by atoms with Crippen molar-refractivity contribution in [3.05, 3.63) is 34.4 Å². The van der Waals surface area contributed by atoms with Crippen LogP contribution in [-0.2, 0) is 4.79 Å². The van der Waals surface area contributed by atoms with E-state index in [-0.39, 0.29) is 11.3 Å². The Bertz CT molecular complexity index is 581. The van der Waals surface area contributed by atoms with Crippen LogP contribution in [0.1, 0.15) is 12.5 Å². The molecule has 0 aromatic heterocycles. The minimum absolute atomic E-state index is 0.0612. The highest BCUT2D eigenvalue weighted by molar-refractivity contribution is 6.31. The summed E-state index contributed by atoms with van der Waals surface area (Å²) in [5.41, 5.74) is -0.0621. The zero-order valence-corrected chi connectivity index (χ0v) is 10.4. The Hall–Kier alpha value is -1.69. The van der Waals surface area contributed by atoms with Crippen molar-refractivity contribution in [2.45, 2.75) is 19.1 Å². The monoisotopic (exact) mass is 291 g/mol. The topological polar surface area (TPSA) is 49.3 Å². The lowest BCUT2D eigenvalue weighted by Crippen LogP contribution is -2.42. The smallest absolute Gasteiger partial charge is 0.413 e. The largest absolute Gasteiger partial charge is 0.478 e. The number of alkyl halides is 3. The van der Waals surface area contributed by atoms with E-state index < -0.39 is 23.8 Å². The highest BCUT2D eigenvalue weighted by Crippen LogP contribution is 2.40. The van der Waals surface area contributed by atoms with E-state index in [1.807, 2.05) is 0 Å². The maximum absolute atomic E-state index is 12.9. The van der Waals surface area contributed by atoms with Crippen LogP contribution in [0, 0.1) is 0 Å². The Morgan fingerprint density at radius 1 is 1.42 bits per heavy atom. The predicted octanol–water partition coefficient (Wildman–Crippen LogP) is 3.55. The van der Waals surface area contributed by atoms with Crippen molar-refractivity contribution in [2.75, 3.05) is 5.32 Å². The van der Waals surface area contributed by atoms with Crippen LogP contribution < -0.4 is 5.32 Å². The molecule has 1 aliphatic rings. The lowest BCUT2D eigenvalue weighted by molar-refractivity contribution is -0.146. The summed E-state index contributed by atoms with van der Waals surface area (Å²) in [5.74, 6) is -1.60. The van der Waals surface area contributed by atoms with Gasteiger partial charge in [-0.05, 0) is 30.7 Å². The summed E-state index contributed by atoms with van der Waals surface area (Å²) in [7, 11) is 0. The standard InChI is InChI=1S/C12H9ClF3NO2/c1-5-7-4-6(13)2-3-8(7)17-10(12(14,15)16)9(5)11(18)19/h2-4,10,17H,1H3,(H,18,19). The lowest BCUT2D eigenvalue weighted by Gasteiger charge is -2.30. The SMILES string of the molecule is CC1=C(C(=O)O)C(C(F)(F)F)Nc2ccc(Cl)cc21. The van der Waals surface area contributed by atoms with Gasteiger partial charge < -0.3 is 10.4 Å². The first-order valence-corrected chi connectivity index (χ1v) is 5.67. The molecule has 0 fully saturated rings. The molecule has 0 saturated heterocycles. The van der Waals surface area contributed by atoms with E-state index in [2.05, 4.69) is 5.32 Å². The number of carboxylic acid groups (broad SMARTS) is 1. The molecule has 1 unspecified atom stereocenters. The molecule has 0 aliphatic carbocycles. The molecule has 3 nitrogen and oxygen atoms in total. The average molecular weight is 292 g/mol. The Morgan fingerprint density at radius 3 is 2.58 bits per heavy atom. The molecule has 7 heteroatoms. The van der Waals surface area contributed by atoms with Crippen LogP contribution in [0.25, 0.3) is 5.57 Å². The lowest BCUT2D eigenvalue weighted by atomic mass is 9.90. The van der Waals surface area contributed by atoms with Gasteiger partial charge in [-0.2, -0.15) is 13.2 Å². The summed E-state index contributed by atoms with van der Waals surface area (Å²) in [6.45, 7) is 1.35. The number of anilines is 1. The van der Waals surface area contributed by atoms with E-state index in [1.165, 1.54) is 25.1 Å². The maximum atomic E-state index is 12.9. The molecule has 2 rings (SSSR count). The molecule has 1 aromatic carbocycles. The van der Waals surface area contributed by atoms with Gasteiger partial charge in [0.15, 0.2) is 6.04 Å². The van der Waals surface area contributed by atoms with Gasteiger partial charge in [0, 0.05) is 16.3 Å². The number of carbonyl (C=O) groups is 1. The fraction of sp³-hybridized carbons (Fsp3) is 0.250. The highest BCUT2D eigenvalue weighted by atomic mass is 35.5. The zero-order chi connectivity index (χ0) is 14.4. The molecule has 1 aliphatic heterocycles. The maximum Gasteiger partial charge on any atom is 0.413 e. The quantitative estimate of drug-likeness (QED) is 0.832. The van der Waals surface area contributed by atoms with Gasteiger partial charge in [0.25, 0.3) is 0 Å². The minimum Gasteiger partial charge on any atom is -0.478 e. The van der Waals surface area contributed by atoms with Crippen LogP contribution in [0.5, 0.6) is 0 Å². The number of benzene rings is 1. The van der Waals surface area contributed by atoms with Gasteiger partial charge in [0.2, 0.25) is 0 Å². The van der Waals surface area contributed by atoms with E-state index in [9.17, 15) is 18.0 Å². The van der Waals surface area contributed by atoms with Crippen molar-refractivity contribution in [1.82, 2.24) is 0 Å². The van der Waals surface area contributed by atoms with E-state index in [4.69, 9.17) is 16.7 Å². The Balaban J connectivity index is 2.66. The van der Waals surface area contributed by atoms with Crippen LogP contribution in [0.15, 0.2) is 23.8 Å². The number of halogens is 4. The number of nitrogens with one attached hydrogen (secondary N) is 1. The molecule has 0 amide bonds. The first kappa shape index (κ1) is 13.7. The zero-order valence-electron chi connectivity index (χ0n) is 9.68. The first-order chi connectivity index (χ1) is 8.71. The minimum atomic E-state index is -4.69. The normalized spacial score (nSPS) is 18.9. The first-order valence-electron chi connectivity index (χ1n) is 5.29. The van der Waals surface area contributed by atoms with Crippen molar-refractivity contribution in [1.29, 1.82) is 0 Å². The third-order valence-electron chi connectivity index (χ3n) is 2.94. The van der Waals surface area contributed by atoms with Gasteiger partial charge in [-0.25, -0.2) is 4.79 Å². The summed E-state index contributed by atoms with van der Waals surface area (Å²) < 4.78 is 38.7. The molecular formula is C12H9ClF3NO2. The fourth-order valence-corrected chi connectivity index (χ4v) is 2.24. The van der Waals surface area contributed by atoms with Crippen molar-refractivity contribution < 1.29 is 23.1 Å².